The summed E-state index contributed by atoms with van der Waals surface area (Å²) in [6, 6.07) is 10.7. The molecule has 2 amide bonds. The number of benzene rings is 1. The average molecular weight is 369 g/mol. The van der Waals surface area contributed by atoms with Gasteiger partial charge in [0.05, 0.1) is 12.6 Å². The fourth-order valence-corrected chi connectivity index (χ4v) is 4.26. The Morgan fingerprint density at radius 2 is 2.00 bits per heavy atom. The summed E-state index contributed by atoms with van der Waals surface area (Å²) in [6.07, 6.45) is 4.46. The number of ether oxygens (including phenoxy) is 1. The van der Waals surface area contributed by atoms with Crippen LogP contribution in [-0.2, 0) is 30.5 Å². The maximum absolute atomic E-state index is 12.9. The maximum Gasteiger partial charge on any atom is 0.317 e. The number of aromatic nitrogens is 3. The van der Waals surface area contributed by atoms with Crippen LogP contribution in [-0.4, -0.2) is 58.0 Å². The lowest BCUT2D eigenvalue weighted by Gasteiger charge is -2.28. The Bertz CT molecular complexity index is 776. The second-order valence-corrected chi connectivity index (χ2v) is 7.35. The first-order chi connectivity index (χ1) is 13.3. The normalized spacial score (nSPS) is 21.0. The van der Waals surface area contributed by atoms with Crippen LogP contribution in [0.1, 0.15) is 30.1 Å². The lowest BCUT2D eigenvalue weighted by atomic mass is 10.1. The molecule has 0 unspecified atom stereocenters. The van der Waals surface area contributed by atoms with Crippen LogP contribution >= 0.6 is 0 Å². The van der Waals surface area contributed by atoms with Gasteiger partial charge in [-0.1, -0.05) is 30.3 Å². The van der Waals surface area contributed by atoms with E-state index >= 15 is 0 Å². The van der Waals surface area contributed by atoms with Gasteiger partial charge in [0.25, 0.3) is 0 Å². The molecule has 2 bridgehead atoms. The lowest BCUT2D eigenvalue weighted by molar-refractivity contribution is 0.170. The van der Waals surface area contributed by atoms with Crippen LogP contribution < -0.4 is 5.32 Å². The fraction of sp³-hybridized carbons (Fsp3) is 0.550. The first-order valence-electron chi connectivity index (χ1n) is 9.76. The lowest BCUT2D eigenvalue weighted by Crippen LogP contribution is -2.48. The maximum atomic E-state index is 12.9. The fourth-order valence-electron chi connectivity index (χ4n) is 4.26. The van der Waals surface area contributed by atoms with E-state index < -0.39 is 0 Å². The minimum absolute atomic E-state index is 0.0515. The highest BCUT2D eigenvalue weighted by molar-refractivity contribution is 5.75. The summed E-state index contributed by atoms with van der Waals surface area (Å²) in [6.45, 7) is 2.07. The zero-order chi connectivity index (χ0) is 18.6. The summed E-state index contributed by atoms with van der Waals surface area (Å²) in [5.74, 6) is 1.96. The Hall–Kier alpha value is -2.41. The van der Waals surface area contributed by atoms with Crippen molar-refractivity contribution in [3.8, 4) is 0 Å². The largest absolute Gasteiger partial charge is 0.384 e. The molecular formula is C20H27N5O2. The van der Waals surface area contributed by atoms with Crippen molar-refractivity contribution >= 4 is 6.03 Å². The van der Waals surface area contributed by atoms with Crippen LogP contribution in [0, 0.1) is 0 Å². The monoisotopic (exact) mass is 369 g/mol. The molecule has 2 aliphatic heterocycles. The number of fused-ring (bicyclic) bond motifs is 3. The first-order valence-corrected chi connectivity index (χ1v) is 9.76. The van der Waals surface area contributed by atoms with E-state index in [2.05, 4.69) is 37.1 Å². The van der Waals surface area contributed by atoms with Crippen molar-refractivity contribution in [3.05, 3.63) is 47.5 Å². The number of urea groups is 1. The smallest absolute Gasteiger partial charge is 0.317 e. The topological polar surface area (TPSA) is 72.3 Å². The van der Waals surface area contributed by atoms with Crippen molar-refractivity contribution < 1.29 is 9.53 Å². The average Bonchev–Trinajstić information content (AvgIpc) is 3.20. The molecule has 27 heavy (non-hydrogen) atoms. The number of nitrogens with one attached hydrogen (secondary N) is 1. The molecule has 0 aliphatic carbocycles. The van der Waals surface area contributed by atoms with Gasteiger partial charge in [-0.15, -0.1) is 10.2 Å². The molecule has 3 heterocycles. The van der Waals surface area contributed by atoms with Gasteiger partial charge >= 0.3 is 6.03 Å². The van der Waals surface area contributed by atoms with E-state index in [1.54, 1.807) is 7.11 Å². The minimum atomic E-state index is 0.0515. The molecule has 1 N–H and O–H groups in total. The van der Waals surface area contributed by atoms with E-state index in [1.807, 2.05) is 18.2 Å². The number of amides is 2. The van der Waals surface area contributed by atoms with Crippen molar-refractivity contribution in [1.29, 1.82) is 0 Å². The van der Waals surface area contributed by atoms with E-state index in [0.717, 1.165) is 50.3 Å². The highest BCUT2D eigenvalue weighted by Gasteiger charge is 2.40. The standard InChI is InChI=1S/C20H27N5O2/c1-27-12-10-18-22-23-19-13-16-7-8-17(14-24(18)19)25(16)20(26)21-11-9-15-5-3-2-4-6-15/h2-6,16-17H,7-14H2,1H3,(H,21,26)/t16-,17+/m0/s1. The number of rotatable bonds is 6. The number of hydrogen-bond acceptors (Lipinski definition) is 4. The Balaban J connectivity index is 1.39. The third-order valence-corrected chi connectivity index (χ3v) is 5.63. The second kappa shape index (κ2) is 8.08. The highest BCUT2D eigenvalue weighted by Crippen LogP contribution is 2.31. The number of carbonyl (C=O) groups excluding carboxylic acids is 1. The molecule has 2 atom stereocenters. The molecule has 7 nitrogen and oxygen atoms in total. The summed E-state index contributed by atoms with van der Waals surface area (Å²) in [4.78, 5) is 14.9. The van der Waals surface area contributed by atoms with E-state index in [9.17, 15) is 4.79 Å². The van der Waals surface area contributed by atoms with Crippen molar-refractivity contribution in [2.45, 2.75) is 50.7 Å². The molecule has 1 aromatic heterocycles. The molecule has 2 aromatic rings. The zero-order valence-electron chi connectivity index (χ0n) is 15.8. The van der Waals surface area contributed by atoms with Gasteiger partial charge in [-0.25, -0.2) is 4.79 Å². The quantitative estimate of drug-likeness (QED) is 0.843. The molecule has 0 radical (unpaired) electrons. The first kappa shape index (κ1) is 18.0. The Kier molecular flexibility index (Phi) is 5.38. The van der Waals surface area contributed by atoms with Gasteiger partial charge in [0.15, 0.2) is 0 Å². The SMILES string of the molecule is COCCc1nnc2n1C[C@H]1CC[C@@H](C2)N1C(=O)NCCc1ccccc1. The molecule has 1 saturated heterocycles. The zero-order valence-corrected chi connectivity index (χ0v) is 15.8. The van der Waals surface area contributed by atoms with Gasteiger partial charge in [0, 0.05) is 39.1 Å². The van der Waals surface area contributed by atoms with Crippen LogP contribution in [0.3, 0.4) is 0 Å². The van der Waals surface area contributed by atoms with Crippen LogP contribution in [0.15, 0.2) is 30.3 Å². The van der Waals surface area contributed by atoms with Crippen molar-refractivity contribution in [2.75, 3.05) is 20.3 Å². The highest BCUT2D eigenvalue weighted by atomic mass is 16.5. The van der Waals surface area contributed by atoms with E-state index in [1.165, 1.54) is 5.56 Å². The van der Waals surface area contributed by atoms with Crippen molar-refractivity contribution in [2.24, 2.45) is 0 Å². The number of hydrogen-bond donors (Lipinski definition) is 1. The van der Waals surface area contributed by atoms with Crippen LogP contribution in [0.25, 0.3) is 0 Å². The molecule has 2 aliphatic rings. The third-order valence-electron chi connectivity index (χ3n) is 5.63. The molecular weight excluding hydrogens is 342 g/mol. The third kappa shape index (κ3) is 3.83. The molecule has 0 saturated carbocycles. The van der Waals surface area contributed by atoms with Gasteiger partial charge in [0.1, 0.15) is 11.6 Å². The second-order valence-electron chi connectivity index (χ2n) is 7.35. The van der Waals surface area contributed by atoms with Gasteiger partial charge in [0.2, 0.25) is 0 Å². The van der Waals surface area contributed by atoms with Crippen molar-refractivity contribution in [1.82, 2.24) is 25.0 Å². The molecule has 144 valence electrons. The summed E-state index contributed by atoms with van der Waals surface area (Å²) in [5, 5.41) is 11.8. The van der Waals surface area contributed by atoms with Crippen LogP contribution in [0.2, 0.25) is 0 Å². The predicted molar refractivity (Wildman–Crippen MR) is 101 cm³/mol. The van der Waals surface area contributed by atoms with Gasteiger partial charge in [-0.05, 0) is 24.8 Å². The van der Waals surface area contributed by atoms with Crippen molar-refractivity contribution in [3.63, 3.8) is 0 Å². The van der Waals surface area contributed by atoms with Gasteiger partial charge in [-0.3, -0.25) is 0 Å². The summed E-state index contributed by atoms with van der Waals surface area (Å²) < 4.78 is 7.39. The van der Waals surface area contributed by atoms with E-state index in [4.69, 9.17) is 4.74 Å². The number of carbonyl (C=O) groups is 1. The molecule has 0 spiro atoms. The van der Waals surface area contributed by atoms with Crippen LogP contribution in [0.4, 0.5) is 4.79 Å². The van der Waals surface area contributed by atoms with Crippen LogP contribution in [0.5, 0.6) is 0 Å². The van der Waals surface area contributed by atoms with Gasteiger partial charge < -0.3 is 19.5 Å². The predicted octanol–water partition coefficient (Wildman–Crippen LogP) is 1.81. The molecule has 7 heteroatoms. The molecule has 4 rings (SSSR count). The Morgan fingerprint density at radius 3 is 2.81 bits per heavy atom. The molecule has 1 aromatic carbocycles. The van der Waals surface area contributed by atoms with E-state index in [0.29, 0.717) is 13.2 Å². The summed E-state index contributed by atoms with van der Waals surface area (Å²) >= 11 is 0. The minimum Gasteiger partial charge on any atom is -0.384 e. The van der Waals surface area contributed by atoms with E-state index in [-0.39, 0.29) is 18.1 Å². The number of methoxy groups -OCH3 is 1. The Labute approximate surface area is 159 Å². The van der Waals surface area contributed by atoms with Gasteiger partial charge in [-0.2, -0.15) is 0 Å². The molecule has 1 fully saturated rings. The Morgan fingerprint density at radius 1 is 1.19 bits per heavy atom. The summed E-state index contributed by atoms with van der Waals surface area (Å²) in [7, 11) is 1.70. The number of nitrogens with zero attached hydrogens (tertiary/aromatic N) is 4. The summed E-state index contributed by atoms with van der Waals surface area (Å²) in [5.41, 5.74) is 1.24.